The SMILES string of the molecule is CC#CCOc1ccc([S+]([O-])C(CCCC(N)=O)C(=O)NO)cc1. The lowest BCUT2D eigenvalue weighted by Crippen LogP contribution is -2.38. The Morgan fingerprint density at radius 3 is 2.62 bits per heavy atom. The molecule has 1 aromatic carbocycles. The number of hydrogen-bond acceptors (Lipinski definition) is 5. The lowest BCUT2D eigenvalue weighted by molar-refractivity contribution is -0.129. The first-order valence-corrected chi connectivity index (χ1v) is 8.46. The minimum Gasteiger partial charge on any atom is -0.611 e. The van der Waals surface area contributed by atoms with Crippen LogP contribution in [0.25, 0.3) is 0 Å². The number of hydroxylamine groups is 1. The van der Waals surface area contributed by atoms with E-state index in [0.29, 0.717) is 17.1 Å². The number of carbonyl (C=O) groups is 2. The molecule has 2 atom stereocenters. The summed E-state index contributed by atoms with van der Waals surface area (Å²) in [6.45, 7) is 1.96. The number of primary amides is 1. The molecule has 0 aliphatic rings. The van der Waals surface area contributed by atoms with Crippen molar-refractivity contribution >= 4 is 23.0 Å². The Hall–Kier alpha value is -2.21. The molecule has 0 spiro atoms. The van der Waals surface area contributed by atoms with Gasteiger partial charge in [-0.05, 0) is 48.8 Å². The zero-order valence-electron chi connectivity index (χ0n) is 13.3. The summed E-state index contributed by atoms with van der Waals surface area (Å²) in [6.07, 6.45) is 0.542. The summed E-state index contributed by atoms with van der Waals surface area (Å²) < 4.78 is 17.9. The average molecular weight is 352 g/mol. The Morgan fingerprint density at radius 1 is 1.42 bits per heavy atom. The molecular formula is C16H20N2O5S. The van der Waals surface area contributed by atoms with Crippen molar-refractivity contribution < 1.29 is 24.1 Å². The zero-order chi connectivity index (χ0) is 17.9. The molecule has 0 bridgehead atoms. The van der Waals surface area contributed by atoms with Crippen LogP contribution in [0.15, 0.2) is 29.2 Å². The molecule has 1 rings (SSSR count). The van der Waals surface area contributed by atoms with Crippen molar-refractivity contribution in [3.05, 3.63) is 24.3 Å². The Kier molecular flexibility index (Phi) is 8.71. The van der Waals surface area contributed by atoms with Crippen LogP contribution in [0.2, 0.25) is 0 Å². The number of benzene rings is 1. The monoisotopic (exact) mass is 352 g/mol. The fourth-order valence-corrected chi connectivity index (χ4v) is 3.26. The van der Waals surface area contributed by atoms with Crippen LogP contribution < -0.4 is 16.0 Å². The summed E-state index contributed by atoms with van der Waals surface area (Å²) in [4.78, 5) is 22.9. The van der Waals surface area contributed by atoms with Gasteiger partial charge in [0.1, 0.15) is 12.4 Å². The highest BCUT2D eigenvalue weighted by Gasteiger charge is 2.32. The van der Waals surface area contributed by atoms with Gasteiger partial charge >= 0.3 is 0 Å². The zero-order valence-corrected chi connectivity index (χ0v) is 14.1. The average Bonchev–Trinajstić information content (AvgIpc) is 2.58. The third-order valence-electron chi connectivity index (χ3n) is 3.09. The van der Waals surface area contributed by atoms with Gasteiger partial charge in [0, 0.05) is 12.8 Å². The van der Waals surface area contributed by atoms with E-state index in [1.54, 1.807) is 31.2 Å². The highest BCUT2D eigenvalue weighted by Crippen LogP contribution is 2.23. The van der Waals surface area contributed by atoms with E-state index in [0.717, 1.165) is 0 Å². The number of rotatable bonds is 9. The normalized spacial score (nSPS) is 12.5. The number of nitrogens with one attached hydrogen (secondary N) is 1. The quantitative estimate of drug-likeness (QED) is 0.261. The maximum Gasteiger partial charge on any atom is 0.296 e. The predicted molar refractivity (Wildman–Crippen MR) is 88.6 cm³/mol. The van der Waals surface area contributed by atoms with Crippen molar-refractivity contribution in [2.75, 3.05) is 6.61 Å². The van der Waals surface area contributed by atoms with Crippen LogP contribution in [0.3, 0.4) is 0 Å². The number of ether oxygens (including phenoxy) is 1. The Balaban J connectivity index is 2.76. The summed E-state index contributed by atoms with van der Waals surface area (Å²) in [6, 6.07) is 6.41. The van der Waals surface area contributed by atoms with Gasteiger partial charge in [-0.2, -0.15) is 0 Å². The van der Waals surface area contributed by atoms with Gasteiger partial charge in [-0.3, -0.25) is 14.8 Å². The molecule has 7 nitrogen and oxygen atoms in total. The van der Waals surface area contributed by atoms with E-state index in [4.69, 9.17) is 15.7 Å². The largest absolute Gasteiger partial charge is 0.611 e. The highest BCUT2D eigenvalue weighted by atomic mass is 32.2. The van der Waals surface area contributed by atoms with Gasteiger partial charge in [0.05, 0.1) is 0 Å². The van der Waals surface area contributed by atoms with Gasteiger partial charge in [0.15, 0.2) is 4.90 Å². The van der Waals surface area contributed by atoms with Crippen molar-refractivity contribution in [1.82, 2.24) is 5.48 Å². The molecule has 4 N–H and O–H groups in total. The van der Waals surface area contributed by atoms with Crippen LogP contribution in [-0.4, -0.2) is 33.4 Å². The third kappa shape index (κ3) is 6.50. The molecule has 130 valence electrons. The number of amides is 2. The van der Waals surface area contributed by atoms with E-state index in [1.807, 2.05) is 0 Å². The first-order chi connectivity index (χ1) is 11.5. The topological polar surface area (TPSA) is 125 Å². The van der Waals surface area contributed by atoms with Gasteiger partial charge in [-0.15, -0.1) is 5.92 Å². The minimum absolute atomic E-state index is 0.0810. The standard InChI is InChI=1S/C16H20N2O5S/c1-2-3-11-23-12-7-9-13(10-8-12)24(22)14(16(20)18-21)5-4-6-15(17)19/h7-10,14,21H,4-6,11H2,1H3,(H2,17,19)(H,18,20). The smallest absolute Gasteiger partial charge is 0.296 e. The fourth-order valence-electron chi connectivity index (χ4n) is 1.89. The fraction of sp³-hybridized carbons (Fsp3) is 0.375. The van der Waals surface area contributed by atoms with Crippen LogP contribution in [0.5, 0.6) is 5.75 Å². The molecule has 1 aromatic rings. The molecule has 0 heterocycles. The number of carbonyl (C=O) groups excluding carboxylic acids is 2. The second kappa shape index (κ2) is 10.5. The van der Waals surface area contributed by atoms with Crippen LogP contribution in [0, 0.1) is 11.8 Å². The van der Waals surface area contributed by atoms with E-state index in [-0.39, 0.29) is 19.4 Å². The summed E-state index contributed by atoms with van der Waals surface area (Å²) in [5.74, 6) is 4.76. The van der Waals surface area contributed by atoms with Crippen molar-refractivity contribution in [3.63, 3.8) is 0 Å². The van der Waals surface area contributed by atoms with E-state index in [1.165, 1.54) is 5.48 Å². The highest BCUT2D eigenvalue weighted by molar-refractivity contribution is 7.92. The molecule has 8 heteroatoms. The number of nitrogens with two attached hydrogens (primary N) is 1. The molecule has 0 aliphatic carbocycles. The minimum atomic E-state index is -1.69. The third-order valence-corrected chi connectivity index (χ3v) is 4.80. The maximum absolute atomic E-state index is 12.6. The van der Waals surface area contributed by atoms with Gasteiger partial charge in [-0.25, -0.2) is 5.48 Å². The molecule has 0 aliphatic heterocycles. The van der Waals surface area contributed by atoms with Crippen LogP contribution in [0.1, 0.15) is 26.2 Å². The van der Waals surface area contributed by atoms with Gasteiger partial charge in [0.2, 0.25) is 11.2 Å². The lowest BCUT2D eigenvalue weighted by atomic mass is 10.2. The molecule has 0 saturated heterocycles. The molecule has 0 radical (unpaired) electrons. The first-order valence-electron chi connectivity index (χ1n) is 7.25. The summed E-state index contributed by atoms with van der Waals surface area (Å²) >= 11 is -1.69. The summed E-state index contributed by atoms with van der Waals surface area (Å²) in [5.41, 5.74) is 6.56. The van der Waals surface area contributed by atoms with E-state index in [2.05, 4.69) is 11.8 Å². The van der Waals surface area contributed by atoms with Crippen LogP contribution in [0.4, 0.5) is 0 Å². The molecule has 0 aromatic heterocycles. The first kappa shape index (κ1) is 19.8. The Labute approximate surface area is 143 Å². The second-order valence-corrected chi connectivity index (χ2v) is 6.44. The van der Waals surface area contributed by atoms with Crippen LogP contribution in [-0.2, 0) is 20.8 Å². The van der Waals surface area contributed by atoms with Crippen molar-refractivity contribution in [1.29, 1.82) is 0 Å². The summed E-state index contributed by atoms with van der Waals surface area (Å²) in [7, 11) is 0. The van der Waals surface area contributed by atoms with Crippen molar-refractivity contribution in [2.24, 2.45) is 5.73 Å². The Morgan fingerprint density at radius 2 is 2.08 bits per heavy atom. The second-order valence-electron chi connectivity index (χ2n) is 4.81. The molecule has 2 amide bonds. The predicted octanol–water partition coefficient (Wildman–Crippen LogP) is 0.726. The Bertz CT molecular complexity index is 609. The maximum atomic E-state index is 12.6. The van der Waals surface area contributed by atoms with E-state index >= 15 is 0 Å². The van der Waals surface area contributed by atoms with Crippen molar-refractivity contribution in [2.45, 2.75) is 36.3 Å². The lowest BCUT2D eigenvalue weighted by Gasteiger charge is -2.19. The molecular weight excluding hydrogens is 332 g/mol. The molecule has 0 fully saturated rings. The van der Waals surface area contributed by atoms with Crippen LogP contribution >= 0.6 is 0 Å². The van der Waals surface area contributed by atoms with Crippen molar-refractivity contribution in [3.8, 4) is 17.6 Å². The van der Waals surface area contributed by atoms with Gasteiger partial charge in [0.25, 0.3) is 5.91 Å². The van der Waals surface area contributed by atoms with Gasteiger partial charge in [-0.1, -0.05) is 5.92 Å². The van der Waals surface area contributed by atoms with E-state index in [9.17, 15) is 14.1 Å². The van der Waals surface area contributed by atoms with Gasteiger partial charge < -0.3 is 15.0 Å². The molecule has 2 unspecified atom stereocenters. The van der Waals surface area contributed by atoms with E-state index < -0.39 is 28.2 Å². The molecule has 24 heavy (non-hydrogen) atoms. The molecule has 0 saturated carbocycles. The summed E-state index contributed by atoms with van der Waals surface area (Å²) in [5, 5.41) is 7.84. The number of hydrogen-bond donors (Lipinski definition) is 3.